The number of unbranched alkanes of at least 4 members (excludes halogenated alkanes) is 1. The van der Waals surface area contributed by atoms with Gasteiger partial charge >= 0.3 is 0 Å². The smallest absolute Gasteiger partial charge is 0.269 e. The third-order valence-electron chi connectivity index (χ3n) is 5.50. The fourth-order valence-electron chi connectivity index (χ4n) is 3.48. The highest BCUT2D eigenvalue weighted by molar-refractivity contribution is 5.92. The summed E-state index contributed by atoms with van der Waals surface area (Å²) in [5.41, 5.74) is 1.74. The van der Waals surface area contributed by atoms with E-state index >= 15 is 0 Å². The molecule has 1 fully saturated rings. The van der Waals surface area contributed by atoms with Gasteiger partial charge in [-0.25, -0.2) is 4.39 Å². The topological polar surface area (TPSA) is 56.1 Å². The number of nitrogens with one attached hydrogen (secondary N) is 1. The van der Waals surface area contributed by atoms with Crippen LogP contribution in [0.2, 0.25) is 0 Å². The average molecular weight is 387 g/mol. The second-order valence-electron chi connectivity index (χ2n) is 7.55. The molecule has 1 amide bonds. The van der Waals surface area contributed by atoms with Crippen molar-refractivity contribution in [3.05, 3.63) is 47.0 Å². The Balaban J connectivity index is 1.49. The van der Waals surface area contributed by atoms with E-state index in [0.717, 1.165) is 30.9 Å². The van der Waals surface area contributed by atoms with Crippen LogP contribution in [0, 0.1) is 11.7 Å². The Kier molecular flexibility index (Phi) is 7.06. The largest absolute Gasteiger partial charge is 0.491 e. The number of nitrogens with zero attached hydrogens (tertiary/aromatic N) is 2. The van der Waals surface area contributed by atoms with Crippen LogP contribution in [0.5, 0.6) is 5.75 Å². The highest BCUT2D eigenvalue weighted by Crippen LogP contribution is 2.30. The molecule has 152 valence electrons. The highest BCUT2D eigenvalue weighted by atomic mass is 19.1. The maximum Gasteiger partial charge on any atom is 0.269 e. The Labute approximate surface area is 166 Å². The molecule has 0 atom stereocenters. The van der Waals surface area contributed by atoms with Crippen LogP contribution < -0.4 is 10.1 Å². The maximum atomic E-state index is 14.7. The molecule has 0 bridgehead atoms. The standard InChI is InChI=1S/C22H30FN3O2/c1-3-18-14-19(26(2)25-18)22(27)24-15-17-11-7-12-20(21(17)23)28-13-5-4-8-16-9-6-10-16/h7,11-12,14,16H,3-6,8-10,13,15H2,1-2H3,(H,24,27). The summed E-state index contributed by atoms with van der Waals surface area (Å²) in [5.74, 6) is 0.484. The summed E-state index contributed by atoms with van der Waals surface area (Å²) in [6.45, 7) is 2.61. The number of amides is 1. The Bertz CT molecular complexity index is 799. The molecule has 5 nitrogen and oxygen atoms in total. The van der Waals surface area contributed by atoms with Crippen LogP contribution in [0.1, 0.15) is 67.2 Å². The number of aromatic nitrogens is 2. The van der Waals surface area contributed by atoms with Gasteiger partial charge in [0.2, 0.25) is 0 Å². The Hall–Kier alpha value is -2.37. The number of benzene rings is 1. The second kappa shape index (κ2) is 9.71. The summed E-state index contributed by atoms with van der Waals surface area (Å²) in [5, 5.41) is 7.04. The highest BCUT2D eigenvalue weighted by Gasteiger charge is 2.17. The molecular formula is C22H30FN3O2. The normalized spacial score (nSPS) is 14.0. The molecule has 3 rings (SSSR count). The number of ether oxygens (including phenoxy) is 1. The first-order chi connectivity index (χ1) is 13.6. The lowest BCUT2D eigenvalue weighted by molar-refractivity contribution is 0.0941. The molecule has 0 aliphatic heterocycles. The molecule has 6 heteroatoms. The summed E-state index contributed by atoms with van der Waals surface area (Å²) in [6.07, 6.45) is 8.19. The van der Waals surface area contributed by atoms with Gasteiger partial charge in [0.05, 0.1) is 12.3 Å². The first kappa shape index (κ1) is 20.4. The van der Waals surface area contributed by atoms with Crippen LogP contribution in [-0.4, -0.2) is 22.3 Å². The number of aryl methyl sites for hydroxylation is 2. The van der Waals surface area contributed by atoms with Crippen molar-refractivity contribution < 1.29 is 13.9 Å². The van der Waals surface area contributed by atoms with E-state index in [-0.39, 0.29) is 18.2 Å². The predicted octanol–water partition coefficient (Wildman–Crippen LogP) is 4.40. The minimum absolute atomic E-state index is 0.107. The Morgan fingerprint density at radius 1 is 1.36 bits per heavy atom. The molecular weight excluding hydrogens is 357 g/mol. The van der Waals surface area contributed by atoms with Crippen molar-refractivity contribution in [1.82, 2.24) is 15.1 Å². The minimum Gasteiger partial charge on any atom is -0.491 e. The summed E-state index contributed by atoms with van der Waals surface area (Å²) >= 11 is 0. The minimum atomic E-state index is -0.402. The van der Waals surface area contributed by atoms with Crippen LogP contribution in [0.25, 0.3) is 0 Å². The van der Waals surface area contributed by atoms with E-state index in [0.29, 0.717) is 17.9 Å². The van der Waals surface area contributed by atoms with Gasteiger partial charge in [0.25, 0.3) is 5.91 Å². The zero-order chi connectivity index (χ0) is 19.9. The van der Waals surface area contributed by atoms with E-state index in [1.165, 1.54) is 25.7 Å². The number of halogens is 1. The molecule has 1 aliphatic carbocycles. The van der Waals surface area contributed by atoms with E-state index < -0.39 is 5.82 Å². The Morgan fingerprint density at radius 2 is 2.18 bits per heavy atom. The van der Waals surface area contributed by atoms with E-state index in [2.05, 4.69) is 10.4 Å². The lowest BCUT2D eigenvalue weighted by Crippen LogP contribution is -2.25. The van der Waals surface area contributed by atoms with Crippen molar-refractivity contribution in [2.45, 2.75) is 58.4 Å². The van der Waals surface area contributed by atoms with Crippen molar-refractivity contribution in [3.8, 4) is 5.75 Å². The van der Waals surface area contributed by atoms with Gasteiger partial charge in [0, 0.05) is 19.2 Å². The quantitative estimate of drug-likeness (QED) is 0.615. The first-order valence-electron chi connectivity index (χ1n) is 10.3. The molecule has 1 aromatic carbocycles. The van der Waals surface area contributed by atoms with Crippen molar-refractivity contribution in [3.63, 3.8) is 0 Å². The maximum absolute atomic E-state index is 14.7. The van der Waals surface area contributed by atoms with Gasteiger partial charge in [-0.05, 0) is 37.3 Å². The zero-order valence-electron chi connectivity index (χ0n) is 16.8. The molecule has 1 aliphatic rings. The number of rotatable bonds is 10. The fourth-order valence-corrected chi connectivity index (χ4v) is 3.48. The van der Waals surface area contributed by atoms with Gasteiger partial charge in [-0.1, -0.05) is 44.7 Å². The van der Waals surface area contributed by atoms with E-state index in [9.17, 15) is 9.18 Å². The van der Waals surface area contributed by atoms with Crippen LogP contribution in [-0.2, 0) is 20.0 Å². The molecule has 0 spiro atoms. The van der Waals surface area contributed by atoms with Crippen LogP contribution in [0.4, 0.5) is 4.39 Å². The lowest BCUT2D eigenvalue weighted by Gasteiger charge is -2.24. The van der Waals surface area contributed by atoms with Crippen molar-refractivity contribution in [1.29, 1.82) is 0 Å². The van der Waals surface area contributed by atoms with Gasteiger partial charge in [-0.15, -0.1) is 0 Å². The molecule has 0 saturated heterocycles. The average Bonchev–Trinajstić information content (AvgIpc) is 3.04. The fraction of sp³-hybridized carbons (Fsp3) is 0.545. The Morgan fingerprint density at radius 3 is 2.86 bits per heavy atom. The third kappa shape index (κ3) is 5.12. The van der Waals surface area contributed by atoms with Crippen molar-refractivity contribution >= 4 is 5.91 Å². The van der Waals surface area contributed by atoms with E-state index in [1.807, 2.05) is 6.92 Å². The van der Waals surface area contributed by atoms with Crippen LogP contribution >= 0.6 is 0 Å². The van der Waals surface area contributed by atoms with Crippen molar-refractivity contribution in [2.75, 3.05) is 6.61 Å². The van der Waals surface area contributed by atoms with Gasteiger partial charge in [-0.2, -0.15) is 5.10 Å². The van der Waals surface area contributed by atoms with Crippen LogP contribution in [0.15, 0.2) is 24.3 Å². The van der Waals surface area contributed by atoms with Crippen molar-refractivity contribution in [2.24, 2.45) is 13.0 Å². The van der Waals surface area contributed by atoms with Gasteiger partial charge in [0.15, 0.2) is 11.6 Å². The van der Waals surface area contributed by atoms with E-state index in [4.69, 9.17) is 4.74 Å². The number of carbonyl (C=O) groups excluding carboxylic acids is 1. The molecule has 1 heterocycles. The molecule has 0 radical (unpaired) electrons. The first-order valence-corrected chi connectivity index (χ1v) is 10.3. The van der Waals surface area contributed by atoms with Gasteiger partial charge in [-0.3, -0.25) is 9.48 Å². The second-order valence-corrected chi connectivity index (χ2v) is 7.55. The molecule has 1 N–H and O–H groups in total. The van der Waals surface area contributed by atoms with Gasteiger partial charge in [0.1, 0.15) is 5.69 Å². The summed E-state index contributed by atoms with van der Waals surface area (Å²) in [4.78, 5) is 12.4. The van der Waals surface area contributed by atoms with Crippen LogP contribution in [0.3, 0.4) is 0 Å². The molecule has 28 heavy (non-hydrogen) atoms. The predicted molar refractivity (Wildman–Crippen MR) is 107 cm³/mol. The van der Waals surface area contributed by atoms with E-state index in [1.54, 1.807) is 36.0 Å². The number of hydrogen-bond donors (Lipinski definition) is 1. The molecule has 1 aromatic heterocycles. The summed E-state index contributed by atoms with van der Waals surface area (Å²) in [7, 11) is 1.73. The monoisotopic (exact) mass is 387 g/mol. The molecule has 2 aromatic rings. The number of hydrogen-bond acceptors (Lipinski definition) is 3. The summed E-state index contributed by atoms with van der Waals surface area (Å²) < 4.78 is 21.9. The third-order valence-corrected chi connectivity index (χ3v) is 5.50. The van der Waals surface area contributed by atoms with Gasteiger partial charge < -0.3 is 10.1 Å². The SMILES string of the molecule is CCc1cc(C(=O)NCc2cccc(OCCCCC3CCC3)c2F)n(C)n1. The molecule has 0 unspecified atom stereocenters. The number of carbonyl (C=O) groups is 1. The molecule has 1 saturated carbocycles. The zero-order valence-corrected chi connectivity index (χ0v) is 16.8. The summed E-state index contributed by atoms with van der Waals surface area (Å²) in [6, 6.07) is 6.82. The lowest BCUT2D eigenvalue weighted by atomic mass is 9.82.